The Morgan fingerprint density at radius 3 is 2.76 bits per heavy atom. The van der Waals surface area contributed by atoms with E-state index in [4.69, 9.17) is 0 Å². The van der Waals surface area contributed by atoms with Gasteiger partial charge >= 0.3 is 0 Å². The van der Waals surface area contributed by atoms with Crippen LogP contribution in [0, 0.1) is 6.92 Å². The van der Waals surface area contributed by atoms with Crippen LogP contribution in [-0.2, 0) is 0 Å². The van der Waals surface area contributed by atoms with E-state index in [0.717, 1.165) is 12.1 Å². The molecule has 2 heterocycles. The fourth-order valence-electron chi connectivity index (χ4n) is 3.71. The van der Waals surface area contributed by atoms with Crippen LogP contribution in [0.4, 0.5) is 0 Å². The minimum absolute atomic E-state index is 0.759. The molecule has 2 fully saturated rings. The van der Waals surface area contributed by atoms with Crippen LogP contribution >= 0.6 is 11.8 Å². The summed E-state index contributed by atoms with van der Waals surface area (Å²) in [7, 11) is 0. The zero-order valence-corrected chi connectivity index (χ0v) is 14.0. The second-order valence-corrected chi connectivity index (χ2v) is 7.63. The summed E-state index contributed by atoms with van der Waals surface area (Å²) in [6, 6.07) is 10.5. The van der Waals surface area contributed by atoms with Gasteiger partial charge in [0, 0.05) is 29.3 Å². The molecule has 2 unspecified atom stereocenters. The van der Waals surface area contributed by atoms with Gasteiger partial charge in [0.1, 0.15) is 0 Å². The van der Waals surface area contributed by atoms with E-state index in [0.29, 0.717) is 0 Å². The first-order chi connectivity index (χ1) is 10.3. The van der Waals surface area contributed by atoms with Crippen molar-refractivity contribution in [2.45, 2.75) is 56.0 Å². The Labute approximate surface area is 133 Å². The van der Waals surface area contributed by atoms with Crippen molar-refractivity contribution >= 4 is 11.8 Å². The SMILES string of the molecule is Cc1ccc(SCCN2CCCCC2C2CCCN2)cc1. The van der Waals surface area contributed by atoms with Gasteiger partial charge in [-0.2, -0.15) is 0 Å². The summed E-state index contributed by atoms with van der Waals surface area (Å²) >= 11 is 2.01. The number of hydrogen-bond donors (Lipinski definition) is 1. The lowest BCUT2D eigenvalue weighted by Crippen LogP contribution is -2.50. The molecule has 2 nitrogen and oxygen atoms in total. The minimum atomic E-state index is 0.759. The summed E-state index contributed by atoms with van der Waals surface area (Å²) in [6.45, 7) is 5.92. The highest BCUT2D eigenvalue weighted by Gasteiger charge is 2.30. The van der Waals surface area contributed by atoms with Crippen LogP contribution in [0.3, 0.4) is 0 Å². The predicted octanol–water partition coefficient (Wildman–Crippen LogP) is 3.69. The third-order valence-corrected chi connectivity index (χ3v) is 5.89. The third-order valence-electron chi connectivity index (χ3n) is 4.90. The Balaban J connectivity index is 1.49. The van der Waals surface area contributed by atoms with Crippen molar-refractivity contribution in [2.75, 3.05) is 25.4 Å². The molecule has 0 aromatic heterocycles. The lowest BCUT2D eigenvalue weighted by molar-refractivity contribution is 0.128. The number of benzene rings is 1. The number of nitrogens with zero attached hydrogens (tertiary/aromatic N) is 1. The highest BCUT2D eigenvalue weighted by molar-refractivity contribution is 7.99. The van der Waals surface area contributed by atoms with Gasteiger partial charge in [-0.15, -0.1) is 11.8 Å². The van der Waals surface area contributed by atoms with Crippen molar-refractivity contribution in [1.29, 1.82) is 0 Å². The van der Waals surface area contributed by atoms with Crippen LogP contribution < -0.4 is 5.32 Å². The topological polar surface area (TPSA) is 15.3 Å². The molecule has 0 amide bonds. The zero-order chi connectivity index (χ0) is 14.5. The maximum atomic E-state index is 3.72. The molecule has 21 heavy (non-hydrogen) atoms. The molecule has 1 aromatic carbocycles. The summed E-state index contributed by atoms with van der Waals surface area (Å²) in [4.78, 5) is 4.17. The van der Waals surface area contributed by atoms with Crippen molar-refractivity contribution in [2.24, 2.45) is 0 Å². The van der Waals surface area contributed by atoms with Gasteiger partial charge < -0.3 is 5.32 Å². The summed E-state index contributed by atoms with van der Waals surface area (Å²) in [5.41, 5.74) is 1.35. The van der Waals surface area contributed by atoms with E-state index in [-0.39, 0.29) is 0 Å². The molecule has 116 valence electrons. The molecule has 0 radical (unpaired) electrons. The number of piperidine rings is 1. The molecule has 0 spiro atoms. The standard InChI is InChI=1S/C18H28N2S/c1-15-7-9-16(10-8-15)21-14-13-20-12-3-2-6-18(20)17-5-4-11-19-17/h7-10,17-19H,2-6,11-14H2,1H3. The lowest BCUT2D eigenvalue weighted by atomic mass is 9.95. The summed E-state index contributed by atoms with van der Waals surface area (Å²) in [5.74, 6) is 1.21. The van der Waals surface area contributed by atoms with Gasteiger partial charge in [-0.05, 0) is 57.8 Å². The van der Waals surface area contributed by atoms with E-state index in [1.165, 1.54) is 68.0 Å². The molecule has 2 saturated heterocycles. The first-order valence-electron chi connectivity index (χ1n) is 8.50. The number of rotatable bonds is 5. The number of likely N-dealkylation sites (tertiary alicyclic amines) is 1. The average Bonchev–Trinajstić information content (AvgIpc) is 3.04. The van der Waals surface area contributed by atoms with Crippen LogP contribution in [0.1, 0.15) is 37.7 Å². The molecule has 2 atom stereocenters. The molecular formula is C18H28N2S. The Bertz CT molecular complexity index is 425. The van der Waals surface area contributed by atoms with Crippen LogP contribution in [0.5, 0.6) is 0 Å². The quantitative estimate of drug-likeness (QED) is 0.835. The van der Waals surface area contributed by atoms with Gasteiger partial charge in [-0.1, -0.05) is 24.1 Å². The molecule has 0 saturated carbocycles. The van der Waals surface area contributed by atoms with Gasteiger partial charge in [0.25, 0.3) is 0 Å². The maximum Gasteiger partial charge on any atom is 0.0249 e. The normalized spacial score (nSPS) is 27.1. The highest BCUT2D eigenvalue weighted by Crippen LogP contribution is 2.25. The fraction of sp³-hybridized carbons (Fsp3) is 0.667. The van der Waals surface area contributed by atoms with Crippen molar-refractivity contribution in [3.63, 3.8) is 0 Å². The molecule has 3 heteroatoms. The molecular weight excluding hydrogens is 276 g/mol. The number of thioether (sulfide) groups is 1. The first kappa shape index (κ1) is 15.4. The van der Waals surface area contributed by atoms with E-state index in [1.807, 2.05) is 11.8 Å². The van der Waals surface area contributed by atoms with Crippen LogP contribution in [-0.4, -0.2) is 42.4 Å². The molecule has 2 aliphatic heterocycles. The molecule has 0 aliphatic carbocycles. The zero-order valence-electron chi connectivity index (χ0n) is 13.2. The van der Waals surface area contributed by atoms with Crippen molar-refractivity contribution < 1.29 is 0 Å². The smallest absolute Gasteiger partial charge is 0.0249 e. The van der Waals surface area contributed by atoms with Gasteiger partial charge in [0.15, 0.2) is 0 Å². The largest absolute Gasteiger partial charge is 0.312 e. The van der Waals surface area contributed by atoms with Gasteiger partial charge in [0.2, 0.25) is 0 Å². The average molecular weight is 305 g/mol. The van der Waals surface area contributed by atoms with Gasteiger partial charge in [0.05, 0.1) is 0 Å². The highest BCUT2D eigenvalue weighted by atomic mass is 32.2. The molecule has 0 bridgehead atoms. The maximum absolute atomic E-state index is 3.72. The van der Waals surface area contributed by atoms with Gasteiger partial charge in [-0.3, -0.25) is 4.90 Å². The molecule has 1 aromatic rings. The van der Waals surface area contributed by atoms with E-state index < -0.39 is 0 Å². The molecule has 1 N–H and O–H groups in total. The van der Waals surface area contributed by atoms with Crippen LogP contribution in [0.2, 0.25) is 0 Å². The third kappa shape index (κ3) is 4.24. The Hall–Kier alpha value is -0.510. The van der Waals surface area contributed by atoms with Crippen LogP contribution in [0.15, 0.2) is 29.2 Å². The molecule has 2 aliphatic rings. The number of aryl methyl sites for hydroxylation is 1. The summed E-state index contributed by atoms with van der Waals surface area (Å²) in [6.07, 6.45) is 6.95. The second kappa shape index (κ2) is 7.66. The van der Waals surface area contributed by atoms with E-state index in [2.05, 4.69) is 41.4 Å². The van der Waals surface area contributed by atoms with Gasteiger partial charge in [-0.25, -0.2) is 0 Å². The molecule has 3 rings (SSSR count). The van der Waals surface area contributed by atoms with Crippen molar-refractivity contribution in [3.05, 3.63) is 29.8 Å². The van der Waals surface area contributed by atoms with E-state index in [1.54, 1.807) is 0 Å². The van der Waals surface area contributed by atoms with Crippen LogP contribution in [0.25, 0.3) is 0 Å². The summed E-state index contributed by atoms with van der Waals surface area (Å²) in [5, 5.41) is 3.72. The minimum Gasteiger partial charge on any atom is -0.312 e. The number of nitrogens with one attached hydrogen (secondary N) is 1. The first-order valence-corrected chi connectivity index (χ1v) is 9.48. The van der Waals surface area contributed by atoms with E-state index >= 15 is 0 Å². The van der Waals surface area contributed by atoms with E-state index in [9.17, 15) is 0 Å². The Morgan fingerprint density at radius 1 is 1.14 bits per heavy atom. The monoisotopic (exact) mass is 304 g/mol. The van der Waals surface area contributed by atoms with Crippen molar-refractivity contribution in [1.82, 2.24) is 10.2 Å². The van der Waals surface area contributed by atoms with Crippen molar-refractivity contribution in [3.8, 4) is 0 Å². The number of hydrogen-bond acceptors (Lipinski definition) is 3. The second-order valence-electron chi connectivity index (χ2n) is 6.46. The fourth-order valence-corrected chi connectivity index (χ4v) is 4.60. The lowest BCUT2D eigenvalue weighted by Gasteiger charge is -2.39. The Kier molecular flexibility index (Phi) is 5.61. The summed E-state index contributed by atoms with van der Waals surface area (Å²) < 4.78 is 0. The Morgan fingerprint density at radius 2 is 2.00 bits per heavy atom. The predicted molar refractivity (Wildman–Crippen MR) is 92.1 cm³/mol.